The predicted octanol–water partition coefficient (Wildman–Crippen LogP) is 2.84. The van der Waals surface area contributed by atoms with Crippen molar-refractivity contribution < 1.29 is 9.53 Å². The largest absolute Gasteiger partial charge is 0.453 e. The molecular weight excluding hydrogens is 296 g/mol. The maximum absolute atomic E-state index is 11.6. The number of hydrogen-bond donors (Lipinski definition) is 1. The molecule has 1 fully saturated rings. The summed E-state index contributed by atoms with van der Waals surface area (Å²) in [5.74, 6) is 2.34. The van der Waals surface area contributed by atoms with Crippen LogP contribution in [0.3, 0.4) is 0 Å². The molecule has 1 aromatic rings. The number of benzene rings is 1. The van der Waals surface area contributed by atoms with Gasteiger partial charge in [0.15, 0.2) is 0 Å². The molecule has 2 heterocycles. The zero-order valence-corrected chi connectivity index (χ0v) is 13.9. The van der Waals surface area contributed by atoms with Crippen LogP contribution in [0.25, 0.3) is 0 Å². The van der Waals surface area contributed by atoms with Gasteiger partial charge in [0.25, 0.3) is 0 Å². The second-order valence-electron chi connectivity index (χ2n) is 5.97. The van der Waals surface area contributed by atoms with E-state index in [-0.39, 0.29) is 6.09 Å². The molecule has 2 aliphatic heterocycles. The lowest BCUT2D eigenvalue weighted by Gasteiger charge is -2.34. The van der Waals surface area contributed by atoms with Crippen molar-refractivity contribution in [3.63, 3.8) is 0 Å². The number of rotatable bonds is 2. The van der Waals surface area contributed by atoms with Gasteiger partial charge in [0, 0.05) is 30.9 Å². The maximum atomic E-state index is 11.6. The second kappa shape index (κ2) is 7.38. The van der Waals surface area contributed by atoms with Gasteiger partial charge in [0.05, 0.1) is 7.11 Å². The van der Waals surface area contributed by atoms with E-state index in [1.54, 1.807) is 4.90 Å². The van der Waals surface area contributed by atoms with E-state index in [9.17, 15) is 4.79 Å². The number of fused-ring (bicyclic) bond motifs is 1. The number of methoxy groups -OCH3 is 1. The van der Waals surface area contributed by atoms with Gasteiger partial charge in [-0.1, -0.05) is 24.3 Å². The van der Waals surface area contributed by atoms with Crippen molar-refractivity contribution in [2.45, 2.75) is 31.3 Å². The molecule has 0 aliphatic carbocycles. The highest BCUT2D eigenvalue weighted by molar-refractivity contribution is 7.99. The normalized spacial score (nSPS) is 22.8. The molecule has 4 nitrogen and oxygen atoms in total. The van der Waals surface area contributed by atoms with E-state index in [1.807, 2.05) is 11.8 Å². The van der Waals surface area contributed by atoms with Crippen LogP contribution in [0, 0.1) is 0 Å². The first kappa shape index (κ1) is 15.7. The van der Waals surface area contributed by atoms with E-state index in [1.165, 1.54) is 30.4 Å². The summed E-state index contributed by atoms with van der Waals surface area (Å²) in [6.07, 6.45) is 2.96. The first-order chi connectivity index (χ1) is 10.8. The molecule has 1 amide bonds. The number of amides is 1. The van der Waals surface area contributed by atoms with Crippen LogP contribution in [0.1, 0.15) is 30.0 Å². The van der Waals surface area contributed by atoms with Gasteiger partial charge >= 0.3 is 6.09 Å². The molecule has 22 heavy (non-hydrogen) atoms. The van der Waals surface area contributed by atoms with Gasteiger partial charge in [-0.25, -0.2) is 4.79 Å². The van der Waals surface area contributed by atoms with Crippen molar-refractivity contribution in [2.24, 2.45) is 0 Å². The summed E-state index contributed by atoms with van der Waals surface area (Å²) >= 11 is 2.03. The summed E-state index contributed by atoms with van der Waals surface area (Å²) in [5.41, 5.74) is 2.94. The average Bonchev–Trinajstić information content (AvgIpc) is 2.77. The van der Waals surface area contributed by atoms with Crippen LogP contribution in [-0.2, 0) is 11.2 Å². The van der Waals surface area contributed by atoms with Gasteiger partial charge < -0.3 is 15.0 Å². The summed E-state index contributed by atoms with van der Waals surface area (Å²) < 4.78 is 4.80. The topological polar surface area (TPSA) is 41.6 Å². The highest BCUT2D eigenvalue weighted by Crippen LogP contribution is 2.28. The molecule has 0 unspecified atom stereocenters. The van der Waals surface area contributed by atoms with Gasteiger partial charge in [0.1, 0.15) is 0 Å². The lowest BCUT2D eigenvalue weighted by Crippen LogP contribution is -2.46. The van der Waals surface area contributed by atoms with Gasteiger partial charge in [0.2, 0.25) is 0 Å². The number of hydrogen-bond acceptors (Lipinski definition) is 4. The van der Waals surface area contributed by atoms with Crippen LogP contribution < -0.4 is 5.32 Å². The van der Waals surface area contributed by atoms with Crippen LogP contribution in [0.5, 0.6) is 0 Å². The standard InChI is InChI=1S/C17H24N2O2S/c1-21-17(20)19-9-6-14(7-10-19)18-16-12-22-11-8-13-4-2-3-5-15(13)16/h2-5,14,16,18H,6-12H2,1H3/t16-/m1/s1. The molecule has 1 saturated heterocycles. The molecule has 120 valence electrons. The van der Waals surface area contributed by atoms with E-state index in [2.05, 4.69) is 29.6 Å². The van der Waals surface area contributed by atoms with Crippen molar-refractivity contribution in [3.05, 3.63) is 35.4 Å². The molecular formula is C17H24N2O2S. The summed E-state index contributed by atoms with van der Waals surface area (Å²) in [7, 11) is 1.45. The van der Waals surface area contributed by atoms with Crippen LogP contribution in [0.4, 0.5) is 4.79 Å². The summed E-state index contributed by atoms with van der Waals surface area (Å²) in [6, 6.07) is 9.72. The number of nitrogens with one attached hydrogen (secondary N) is 1. The Balaban J connectivity index is 1.61. The number of likely N-dealkylation sites (tertiary alicyclic amines) is 1. The predicted molar refractivity (Wildman–Crippen MR) is 90.3 cm³/mol. The van der Waals surface area contributed by atoms with E-state index >= 15 is 0 Å². The molecule has 0 aromatic heterocycles. The van der Waals surface area contributed by atoms with Gasteiger partial charge in [-0.2, -0.15) is 11.8 Å². The number of carbonyl (C=O) groups is 1. The smallest absolute Gasteiger partial charge is 0.409 e. The zero-order chi connectivity index (χ0) is 15.4. The minimum Gasteiger partial charge on any atom is -0.453 e. The molecule has 0 saturated carbocycles. The first-order valence-electron chi connectivity index (χ1n) is 8.02. The number of nitrogens with zero attached hydrogens (tertiary/aromatic N) is 1. The third-order valence-corrected chi connectivity index (χ3v) is 5.66. The Morgan fingerprint density at radius 1 is 1.32 bits per heavy atom. The molecule has 0 radical (unpaired) electrons. The molecule has 1 N–H and O–H groups in total. The van der Waals surface area contributed by atoms with Gasteiger partial charge in [-0.05, 0) is 36.1 Å². The Kier molecular flexibility index (Phi) is 5.26. The summed E-state index contributed by atoms with van der Waals surface area (Å²) in [6.45, 7) is 1.57. The quantitative estimate of drug-likeness (QED) is 0.910. The monoisotopic (exact) mass is 320 g/mol. The lowest BCUT2D eigenvalue weighted by molar-refractivity contribution is 0.109. The van der Waals surface area contributed by atoms with Crippen molar-refractivity contribution >= 4 is 17.9 Å². The minimum absolute atomic E-state index is 0.200. The number of ether oxygens (including phenoxy) is 1. The molecule has 5 heteroatoms. The molecule has 2 aliphatic rings. The molecule has 1 aromatic carbocycles. The minimum atomic E-state index is -0.200. The molecule has 3 rings (SSSR count). The van der Waals surface area contributed by atoms with Crippen LogP contribution in [0.2, 0.25) is 0 Å². The fourth-order valence-corrected chi connectivity index (χ4v) is 4.40. The molecule has 0 spiro atoms. The Hall–Kier alpha value is -1.20. The summed E-state index contributed by atoms with van der Waals surface area (Å²) in [4.78, 5) is 13.4. The van der Waals surface area contributed by atoms with E-state index in [4.69, 9.17) is 4.74 Å². The highest BCUT2D eigenvalue weighted by Gasteiger charge is 2.26. The summed E-state index contributed by atoms with van der Waals surface area (Å²) in [5, 5.41) is 3.83. The van der Waals surface area contributed by atoms with Crippen molar-refractivity contribution in [2.75, 3.05) is 31.7 Å². The van der Waals surface area contributed by atoms with E-state index in [0.29, 0.717) is 12.1 Å². The molecule has 1 atom stereocenters. The third-order valence-electron chi connectivity index (χ3n) is 4.60. The Bertz CT molecular complexity index is 515. The number of piperidine rings is 1. The van der Waals surface area contributed by atoms with Gasteiger partial charge in [-0.15, -0.1) is 0 Å². The van der Waals surface area contributed by atoms with Crippen LogP contribution in [0.15, 0.2) is 24.3 Å². The second-order valence-corrected chi connectivity index (χ2v) is 7.12. The number of aryl methyl sites for hydroxylation is 1. The lowest BCUT2D eigenvalue weighted by atomic mass is 9.97. The van der Waals surface area contributed by atoms with Crippen molar-refractivity contribution in [1.29, 1.82) is 0 Å². The SMILES string of the molecule is COC(=O)N1CCC(N[C@@H]2CSCCc3ccccc32)CC1. The van der Waals surface area contributed by atoms with E-state index < -0.39 is 0 Å². The van der Waals surface area contributed by atoms with Gasteiger partial charge in [-0.3, -0.25) is 0 Å². The first-order valence-corrected chi connectivity index (χ1v) is 9.18. The maximum Gasteiger partial charge on any atom is 0.409 e. The van der Waals surface area contributed by atoms with Crippen LogP contribution >= 0.6 is 11.8 Å². The van der Waals surface area contributed by atoms with Crippen molar-refractivity contribution in [3.8, 4) is 0 Å². The number of carbonyl (C=O) groups excluding carboxylic acids is 1. The fraction of sp³-hybridized carbons (Fsp3) is 0.588. The van der Waals surface area contributed by atoms with E-state index in [0.717, 1.165) is 31.7 Å². The van der Waals surface area contributed by atoms with Crippen molar-refractivity contribution in [1.82, 2.24) is 10.2 Å². The zero-order valence-electron chi connectivity index (χ0n) is 13.1. The fourth-order valence-electron chi connectivity index (χ4n) is 3.36. The Morgan fingerprint density at radius 3 is 2.86 bits per heavy atom. The highest BCUT2D eigenvalue weighted by atomic mass is 32.2. The molecule has 0 bridgehead atoms. The average molecular weight is 320 g/mol. The Morgan fingerprint density at radius 2 is 2.09 bits per heavy atom. The van der Waals surface area contributed by atoms with Crippen LogP contribution in [-0.4, -0.2) is 48.7 Å². The Labute approximate surface area is 136 Å². The number of thioether (sulfide) groups is 1. The third kappa shape index (κ3) is 3.58.